The summed E-state index contributed by atoms with van der Waals surface area (Å²) in [5, 5.41) is 3.05. The van der Waals surface area contributed by atoms with Crippen molar-refractivity contribution in [1.82, 2.24) is 4.90 Å². The van der Waals surface area contributed by atoms with Crippen LogP contribution in [0.1, 0.15) is 12.8 Å². The van der Waals surface area contributed by atoms with Crippen LogP contribution in [-0.2, 0) is 19.1 Å². The molecule has 154 valence electrons. The number of carbonyl (C=O) groups excluding carboxylic acids is 3. The van der Waals surface area contributed by atoms with Crippen LogP contribution in [0.25, 0.3) is 0 Å². The lowest BCUT2D eigenvalue weighted by molar-refractivity contribution is -0.163. The standard InChI is InChI=1S/C17H18ClF3N2O5/c18-12-1-3-13(4-2-12)22-14(24)9-27-15(25)11-5-7-23(8-6-11)16(26)28-10-17(19,20)21/h1-4,11H,5-10H2,(H,22,24). The van der Waals surface area contributed by atoms with Gasteiger partial charge in [0.2, 0.25) is 0 Å². The van der Waals surface area contributed by atoms with Crippen LogP contribution >= 0.6 is 11.6 Å². The van der Waals surface area contributed by atoms with Crippen molar-refractivity contribution in [1.29, 1.82) is 0 Å². The van der Waals surface area contributed by atoms with Gasteiger partial charge in [-0.2, -0.15) is 13.2 Å². The minimum absolute atomic E-state index is 0.0629. The van der Waals surface area contributed by atoms with Crippen molar-refractivity contribution in [2.24, 2.45) is 5.92 Å². The van der Waals surface area contributed by atoms with Gasteiger partial charge in [-0.05, 0) is 37.1 Å². The number of carbonyl (C=O) groups is 3. The molecule has 7 nitrogen and oxygen atoms in total. The smallest absolute Gasteiger partial charge is 0.422 e. The van der Waals surface area contributed by atoms with E-state index in [9.17, 15) is 27.6 Å². The van der Waals surface area contributed by atoms with Crippen LogP contribution in [-0.4, -0.2) is 55.3 Å². The molecule has 0 aromatic heterocycles. The first-order valence-corrected chi connectivity index (χ1v) is 8.72. The predicted molar refractivity (Wildman–Crippen MR) is 92.7 cm³/mol. The molecule has 28 heavy (non-hydrogen) atoms. The van der Waals surface area contributed by atoms with Gasteiger partial charge in [0.1, 0.15) is 0 Å². The van der Waals surface area contributed by atoms with Crippen LogP contribution in [0.2, 0.25) is 5.02 Å². The van der Waals surface area contributed by atoms with Gasteiger partial charge in [0, 0.05) is 23.8 Å². The van der Waals surface area contributed by atoms with Gasteiger partial charge in [-0.1, -0.05) is 11.6 Å². The fourth-order valence-corrected chi connectivity index (χ4v) is 2.64. The third-order valence-corrected chi connectivity index (χ3v) is 4.17. The number of ether oxygens (including phenoxy) is 2. The van der Waals surface area contributed by atoms with Crippen molar-refractivity contribution in [2.75, 3.05) is 31.6 Å². The van der Waals surface area contributed by atoms with Gasteiger partial charge in [-0.15, -0.1) is 0 Å². The van der Waals surface area contributed by atoms with Gasteiger partial charge >= 0.3 is 18.2 Å². The second kappa shape index (κ2) is 9.63. The Labute approximate surface area is 163 Å². The number of benzene rings is 1. The molecular weight excluding hydrogens is 405 g/mol. The van der Waals surface area contributed by atoms with E-state index in [0.29, 0.717) is 10.7 Å². The van der Waals surface area contributed by atoms with Crippen molar-refractivity contribution in [3.8, 4) is 0 Å². The molecule has 1 aliphatic rings. The summed E-state index contributed by atoms with van der Waals surface area (Å²) in [6.07, 6.45) is -5.26. The molecule has 2 rings (SSSR count). The molecule has 0 spiro atoms. The molecule has 1 aliphatic heterocycles. The van der Waals surface area contributed by atoms with Crippen LogP contribution in [0.15, 0.2) is 24.3 Å². The predicted octanol–water partition coefficient (Wildman–Crippen LogP) is 3.23. The van der Waals surface area contributed by atoms with Crippen molar-refractivity contribution in [2.45, 2.75) is 19.0 Å². The zero-order chi connectivity index (χ0) is 20.7. The van der Waals surface area contributed by atoms with Crippen LogP contribution in [0.5, 0.6) is 0 Å². The number of hydrogen-bond acceptors (Lipinski definition) is 5. The zero-order valence-corrected chi connectivity index (χ0v) is 15.4. The first kappa shape index (κ1) is 21.8. The van der Waals surface area contributed by atoms with Crippen LogP contribution in [0.4, 0.5) is 23.7 Å². The van der Waals surface area contributed by atoms with E-state index in [4.69, 9.17) is 16.3 Å². The third kappa shape index (κ3) is 7.26. The summed E-state index contributed by atoms with van der Waals surface area (Å²) >= 11 is 5.74. The zero-order valence-electron chi connectivity index (χ0n) is 14.6. The van der Waals surface area contributed by atoms with E-state index in [1.54, 1.807) is 24.3 Å². The Morgan fingerprint density at radius 3 is 2.29 bits per heavy atom. The molecule has 1 fully saturated rings. The number of anilines is 1. The Bertz CT molecular complexity index is 704. The summed E-state index contributed by atoms with van der Waals surface area (Å²) < 4.78 is 45.3. The largest absolute Gasteiger partial charge is 0.455 e. The van der Waals surface area contributed by atoms with Crippen LogP contribution < -0.4 is 5.32 Å². The van der Waals surface area contributed by atoms with Gasteiger partial charge in [0.05, 0.1) is 5.92 Å². The molecule has 0 radical (unpaired) electrons. The summed E-state index contributed by atoms with van der Waals surface area (Å²) in [6.45, 7) is -2.01. The number of nitrogens with zero attached hydrogens (tertiary/aromatic N) is 1. The Balaban J connectivity index is 1.69. The minimum Gasteiger partial charge on any atom is -0.455 e. The fourth-order valence-electron chi connectivity index (χ4n) is 2.52. The van der Waals surface area contributed by atoms with Crippen LogP contribution in [0.3, 0.4) is 0 Å². The number of piperidine rings is 1. The minimum atomic E-state index is -4.59. The number of amides is 2. The van der Waals surface area contributed by atoms with E-state index < -0.39 is 43.3 Å². The quantitative estimate of drug-likeness (QED) is 0.736. The topological polar surface area (TPSA) is 84.9 Å². The van der Waals surface area contributed by atoms with E-state index in [1.807, 2.05) is 0 Å². The molecule has 0 atom stereocenters. The summed E-state index contributed by atoms with van der Waals surface area (Å²) in [6, 6.07) is 6.37. The SMILES string of the molecule is O=C(COC(=O)C1CCN(C(=O)OCC(F)(F)F)CC1)Nc1ccc(Cl)cc1. The maximum atomic E-state index is 12.1. The molecule has 1 aromatic carbocycles. The first-order valence-electron chi connectivity index (χ1n) is 8.34. The highest BCUT2D eigenvalue weighted by Crippen LogP contribution is 2.21. The molecule has 0 saturated carbocycles. The number of alkyl halides is 3. The normalized spacial score (nSPS) is 15.1. The maximum absolute atomic E-state index is 12.1. The van der Waals surface area contributed by atoms with Gasteiger partial charge in [-0.25, -0.2) is 4.79 Å². The van der Waals surface area contributed by atoms with E-state index in [2.05, 4.69) is 10.1 Å². The van der Waals surface area contributed by atoms with Crippen molar-refractivity contribution in [3.05, 3.63) is 29.3 Å². The Morgan fingerprint density at radius 1 is 1.11 bits per heavy atom. The Hall–Kier alpha value is -2.49. The monoisotopic (exact) mass is 422 g/mol. The first-order chi connectivity index (χ1) is 13.1. The molecule has 1 aromatic rings. The molecule has 1 N–H and O–H groups in total. The van der Waals surface area contributed by atoms with Crippen molar-refractivity contribution >= 4 is 35.3 Å². The molecule has 0 bridgehead atoms. The maximum Gasteiger partial charge on any atom is 0.422 e. The highest BCUT2D eigenvalue weighted by atomic mass is 35.5. The van der Waals surface area contributed by atoms with E-state index >= 15 is 0 Å². The molecule has 0 unspecified atom stereocenters. The number of likely N-dealkylation sites (tertiary alicyclic amines) is 1. The Morgan fingerprint density at radius 2 is 1.71 bits per heavy atom. The number of nitrogens with one attached hydrogen (secondary N) is 1. The van der Waals surface area contributed by atoms with Gasteiger partial charge in [0.25, 0.3) is 5.91 Å². The molecule has 11 heteroatoms. The second-order valence-corrected chi connectivity index (χ2v) is 6.53. The second-order valence-electron chi connectivity index (χ2n) is 6.09. The lowest BCUT2D eigenvalue weighted by atomic mass is 9.97. The van der Waals surface area contributed by atoms with E-state index in [1.165, 1.54) is 0 Å². The van der Waals surface area contributed by atoms with Crippen molar-refractivity contribution in [3.63, 3.8) is 0 Å². The highest BCUT2D eigenvalue weighted by molar-refractivity contribution is 6.30. The number of hydrogen-bond donors (Lipinski definition) is 1. The van der Waals surface area contributed by atoms with Gasteiger partial charge < -0.3 is 19.7 Å². The number of rotatable bonds is 5. The molecule has 1 heterocycles. The summed E-state index contributed by atoms with van der Waals surface area (Å²) in [5.74, 6) is -1.67. The lowest BCUT2D eigenvalue weighted by Crippen LogP contribution is -2.42. The Kier molecular flexibility index (Phi) is 7.50. The average molecular weight is 423 g/mol. The average Bonchev–Trinajstić information content (AvgIpc) is 2.65. The van der Waals surface area contributed by atoms with Crippen LogP contribution in [0, 0.1) is 5.92 Å². The summed E-state index contributed by atoms with van der Waals surface area (Å²) in [5.41, 5.74) is 0.496. The molecule has 0 aliphatic carbocycles. The van der Waals surface area contributed by atoms with Gasteiger partial charge in [0.15, 0.2) is 13.2 Å². The van der Waals surface area contributed by atoms with Gasteiger partial charge in [-0.3, -0.25) is 9.59 Å². The molecule has 1 saturated heterocycles. The van der Waals surface area contributed by atoms with Crippen molar-refractivity contribution < 1.29 is 37.0 Å². The fraction of sp³-hybridized carbons (Fsp3) is 0.471. The van der Waals surface area contributed by atoms with E-state index in [0.717, 1.165) is 4.90 Å². The highest BCUT2D eigenvalue weighted by Gasteiger charge is 2.33. The molecule has 2 amide bonds. The molecular formula is C17H18ClF3N2O5. The number of halogens is 4. The lowest BCUT2D eigenvalue weighted by Gasteiger charge is -2.30. The third-order valence-electron chi connectivity index (χ3n) is 3.92. The number of esters is 1. The summed E-state index contributed by atoms with van der Waals surface area (Å²) in [7, 11) is 0. The van der Waals surface area contributed by atoms with E-state index in [-0.39, 0.29) is 25.9 Å². The summed E-state index contributed by atoms with van der Waals surface area (Å²) in [4.78, 5) is 36.5.